The van der Waals surface area contributed by atoms with E-state index in [-0.39, 0.29) is 23.2 Å². The van der Waals surface area contributed by atoms with Crippen molar-refractivity contribution < 1.29 is 32.8 Å². The van der Waals surface area contributed by atoms with Crippen LogP contribution in [0.25, 0.3) is 0 Å². The van der Waals surface area contributed by atoms with Gasteiger partial charge in [0.2, 0.25) is 0 Å². The van der Waals surface area contributed by atoms with E-state index in [9.17, 15) is 13.9 Å². The minimum Gasteiger partial charge on any atom is -0.490 e. The van der Waals surface area contributed by atoms with Crippen LogP contribution in [0.1, 0.15) is 23.0 Å². The van der Waals surface area contributed by atoms with Crippen LogP contribution < -0.4 is 19.5 Å². The van der Waals surface area contributed by atoms with Crippen LogP contribution in [0.15, 0.2) is 53.7 Å². The van der Waals surface area contributed by atoms with E-state index in [4.69, 9.17) is 18.9 Å². The Kier molecular flexibility index (Phi) is 8.15. The molecule has 0 spiro atoms. The summed E-state index contributed by atoms with van der Waals surface area (Å²) in [5.74, 6) is 1.33. The van der Waals surface area contributed by atoms with Crippen LogP contribution in [0.3, 0.4) is 0 Å². The highest BCUT2D eigenvalue weighted by Crippen LogP contribution is 2.56. The molecule has 0 bridgehead atoms. The molecule has 1 amide bonds. The maximum absolute atomic E-state index is 13.0. The molecule has 1 atom stereocenters. The number of anilines is 1. The zero-order valence-electron chi connectivity index (χ0n) is 21.0. The molecule has 3 N–H and O–H groups in total. The summed E-state index contributed by atoms with van der Waals surface area (Å²) in [6.07, 6.45) is 2.76. The Labute approximate surface area is 216 Å². The number of carbonyl (C=O) groups is 1. The fourth-order valence-electron chi connectivity index (χ4n) is 3.58. The van der Waals surface area contributed by atoms with Crippen molar-refractivity contribution in [1.29, 1.82) is 0 Å². The summed E-state index contributed by atoms with van der Waals surface area (Å²) >= 11 is 0. The molecule has 0 aliphatic carbocycles. The topological polar surface area (TPSA) is 136 Å². The van der Waals surface area contributed by atoms with Crippen molar-refractivity contribution in [1.82, 2.24) is 14.3 Å². The van der Waals surface area contributed by atoms with E-state index in [2.05, 4.69) is 15.3 Å². The molecule has 11 nitrogen and oxygen atoms in total. The van der Waals surface area contributed by atoms with E-state index in [1.54, 1.807) is 63.7 Å². The van der Waals surface area contributed by atoms with Crippen LogP contribution in [-0.4, -0.2) is 69.3 Å². The maximum atomic E-state index is 13.0. The average Bonchev–Trinajstić information content (AvgIpc) is 2.95. The smallest absolute Gasteiger partial charge is 0.257 e. The van der Waals surface area contributed by atoms with Crippen LogP contribution in [0.4, 0.5) is 5.82 Å². The van der Waals surface area contributed by atoms with Crippen molar-refractivity contribution >= 4 is 22.5 Å². The minimum absolute atomic E-state index is 0.276. The second kappa shape index (κ2) is 11.3. The fraction of sp³-hybridized carbons (Fsp3) is 0.320. The number of aryl methyl sites for hydroxylation is 1. The Balaban J connectivity index is 1.63. The number of nitrogens with one attached hydrogen (secondary N) is 1. The molecule has 0 unspecified atom stereocenters. The fourth-order valence-corrected chi connectivity index (χ4v) is 4.89. The average molecular weight is 531 g/mol. The van der Waals surface area contributed by atoms with Crippen molar-refractivity contribution in [2.75, 3.05) is 39.2 Å². The van der Waals surface area contributed by atoms with Gasteiger partial charge in [-0.25, -0.2) is 9.29 Å². The number of nitrogens with zero attached hydrogens (tertiary/aromatic N) is 3. The third kappa shape index (κ3) is 6.48. The summed E-state index contributed by atoms with van der Waals surface area (Å²) in [4.78, 5) is 21.6. The van der Waals surface area contributed by atoms with Gasteiger partial charge >= 0.3 is 0 Å². The predicted octanol–water partition coefficient (Wildman–Crippen LogP) is 4.59. The number of amides is 1. The van der Waals surface area contributed by atoms with Crippen LogP contribution in [0, 0.1) is 6.92 Å². The van der Waals surface area contributed by atoms with Gasteiger partial charge in [-0.1, -0.05) is 0 Å². The molecule has 37 heavy (non-hydrogen) atoms. The van der Waals surface area contributed by atoms with Crippen LogP contribution in [0.2, 0.25) is 0 Å². The molecule has 1 aromatic heterocycles. The van der Waals surface area contributed by atoms with Crippen molar-refractivity contribution in [3.63, 3.8) is 0 Å². The molecule has 198 valence electrons. The highest BCUT2D eigenvalue weighted by molar-refractivity contribution is 8.22. The summed E-state index contributed by atoms with van der Waals surface area (Å²) in [6.45, 7) is 4.65. The van der Waals surface area contributed by atoms with Gasteiger partial charge in [0.15, 0.2) is 5.82 Å². The van der Waals surface area contributed by atoms with Gasteiger partial charge in [-0.15, -0.1) is 10.8 Å². The molecule has 4 rings (SSSR count). The monoisotopic (exact) mass is 530 g/mol. The van der Waals surface area contributed by atoms with Crippen LogP contribution in [-0.2, 0) is 4.74 Å². The first-order valence-electron chi connectivity index (χ1n) is 11.5. The summed E-state index contributed by atoms with van der Waals surface area (Å²) in [5.41, 5.74) is 1.01. The third-order valence-electron chi connectivity index (χ3n) is 5.45. The summed E-state index contributed by atoms with van der Waals surface area (Å²) < 4.78 is 45.6. The maximum Gasteiger partial charge on any atom is 0.257 e. The highest BCUT2D eigenvalue weighted by Gasteiger charge is 2.29. The second-order valence-corrected chi connectivity index (χ2v) is 10.6. The van der Waals surface area contributed by atoms with E-state index in [0.29, 0.717) is 42.0 Å². The lowest BCUT2D eigenvalue weighted by atomic mass is 10.2. The number of ether oxygens (including phenoxy) is 4. The molecule has 12 heteroatoms. The zero-order chi connectivity index (χ0) is 26.6. The zero-order valence-corrected chi connectivity index (χ0v) is 21.8. The second-order valence-electron chi connectivity index (χ2n) is 8.50. The number of likely N-dealkylation sites (N-methyl/N-ethyl adjacent to an activating group) is 1. The van der Waals surface area contributed by atoms with Crippen molar-refractivity contribution in [2.24, 2.45) is 0 Å². The molecule has 0 radical (unpaired) electrons. The molecule has 2 heterocycles. The molecule has 0 saturated heterocycles. The molecular weight excluding hydrogens is 500 g/mol. The number of carbonyl (C=O) groups excluding carboxylic acids is 1. The molecule has 0 fully saturated rings. The standard InChI is InChI=1S/C25H30N4O7S/c1-16-13-27-24(14-26-16)28-25(30)18-9-20(35-17(2)15-33-4)11-21(10-18)36-19-5-6-23-22(12-19)34-8-7-29(3)37(23,31)32/h5-6,9-14,17,31-32H,7-8,15H2,1-4H3,(H,27,28,30)/t17-/m0/s1. The number of rotatable bonds is 8. The van der Waals surface area contributed by atoms with Gasteiger partial charge in [-0.3, -0.25) is 18.9 Å². The lowest BCUT2D eigenvalue weighted by Gasteiger charge is -2.38. The summed E-state index contributed by atoms with van der Waals surface area (Å²) in [7, 11) is 0.0396. The highest BCUT2D eigenvalue weighted by atomic mass is 32.3. The SMILES string of the molecule is COC[C@H](C)Oc1cc(Oc2ccc3c(c2)OCCN(C)S3(O)O)cc(C(=O)Nc2cnc(C)cn2)c1. The number of methoxy groups -OCH3 is 1. The number of aromatic nitrogens is 2. The lowest BCUT2D eigenvalue weighted by Crippen LogP contribution is -2.25. The van der Waals surface area contributed by atoms with Crippen molar-refractivity contribution in [2.45, 2.75) is 24.8 Å². The van der Waals surface area contributed by atoms with E-state index in [1.165, 1.54) is 10.5 Å². The first-order valence-corrected chi connectivity index (χ1v) is 13.0. The summed E-state index contributed by atoms with van der Waals surface area (Å²) in [6, 6.07) is 9.58. The van der Waals surface area contributed by atoms with Crippen molar-refractivity contribution in [3.05, 3.63) is 60.0 Å². The molecule has 1 aliphatic rings. The Bertz CT molecular complexity index is 1260. The molecule has 0 saturated carbocycles. The molecule has 3 aromatic rings. The van der Waals surface area contributed by atoms with Gasteiger partial charge in [0.05, 0.1) is 31.2 Å². The van der Waals surface area contributed by atoms with Gasteiger partial charge in [-0.2, -0.15) is 0 Å². The first-order chi connectivity index (χ1) is 17.7. The van der Waals surface area contributed by atoms with E-state index in [1.807, 2.05) is 6.92 Å². The van der Waals surface area contributed by atoms with Gasteiger partial charge in [0.25, 0.3) is 5.91 Å². The van der Waals surface area contributed by atoms with Crippen LogP contribution in [0.5, 0.6) is 23.0 Å². The predicted molar refractivity (Wildman–Crippen MR) is 139 cm³/mol. The van der Waals surface area contributed by atoms with Gasteiger partial charge in [-0.05, 0) is 38.1 Å². The van der Waals surface area contributed by atoms with E-state index in [0.717, 1.165) is 5.69 Å². The molecular formula is C25H30N4O7S. The third-order valence-corrected chi connectivity index (χ3v) is 7.43. The van der Waals surface area contributed by atoms with Gasteiger partial charge in [0, 0.05) is 31.9 Å². The molecule has 1 aliphatic heterocycles. The normalized spacial score (nSPS) is 16.5. The van der Waals surface area contributed by atoms with E-state index < -0.39 is 16.7 Å². The molecule has 2 aromatic carbocycles. The van der Waals surface area contributed by atoms with Crippen LogP contribution >= 0.6 is 10.8 Å². The first kappa shape index (κ1) is 26.6. The Morgan fingerprint density at radius 3 is 2.68 bits per heavy atom. The van der Waals surface area contributed by atoms with E-state index >= 15 is 0 Å². The minimum atomic E-state index is -3.17. The Morgan fingerprint density at radius 1 is 1.16 bits per heavy atom. The Morgan fingerprint density at radius 2 is 1.95 bits per heavy atom. The largest absolute Gasteiger partial charge is 0.490 e. The summed E-state index contributed by atoms with van der Waals surface area (Å²) in [5, 5.41) is 2.72. The number of hydrogen-bond donors (Lipinski definition) is 3. The van der Waals surface area contributed by atoms with Gasteiger partial charge in [0.1, 0.15) is 40.6 Å². The van der Waals surface area contributed by atoms with Crippen molar-refractivity contribution in [3.8, 4) is 23.0 Å². The lowest BCUT2D eigenvalue weighted by molar-refractivity contribution is 0.0915. The quantitative estimate of drug-likeness (QED) is 0.379. The van der Waals surface area contributed by atoms with Gasteiger partial charge < -0.3 is 24.3 Å². The Hall–Kier alpha value is -3.42. The number of fused-ring (bicyclic) bond motifs is 1. The number of benzene rings is 2. The number of hydrogen-bond acceptors (Lipinski definition) is 10.